The van der Waals surface area contributed by atoms with Crippen LogP contribution in [0.4, 0.5) is 17.5 Å². The van der Waals surface area contributed by atoms with Gasteiger partial charge in [0.1, 0.15) is 5.82 Å². The van der Waals surface area contributed by atoms with Crippen LogP contribution in [0.1, 0.15) is 11.3 Å². The Hall–Kier alpha value is -1.66. The highest BCUT2D eigenvalue weighted by Crippen LogP contribution is 2.26. The smallest absolute Gasteiger partial charge is 0.239 e. The first kappa shape index (κ1) is 12.8. The van der Waals surface area contributed by atoms with Crippen LogP contribution in [0.25, 0.3) is 0 Å². The van der Waals surface area contributed by atoms with Crippen molar-refractivity contribution in [3.05, 3.63) is 40.0 Å². The number of aromatic nitrogens is 2. The molecule has 0 unspecified atom stereocenters. The minimum absolute atomic E-state index is 0.390. The van der Waals surface area contributed by atoms with Crippen LogP contribution < -0.4 is 16.6 Å². The van der Waals surface area contributed by atoms with Gasteiger partial charge in [-0.2, -0.15) is 4.98 Å². The van der Waals surface area contributed by atoms with E-state index in [1.807, 2.05) is 38.1 Å². The lowest BCUT2D eigenvalue weighted by Gasteiger charge is -2.10. The summed E-state index contributed by atoms with van der Waals surface area (Å²) < 4.78 is 0.978. The number of anilines is 3. The molecule has 4 N–H and O–H groups in total. The van der Waals surface area contributed by atoms with E-state index in [4.69, 9.17) is 5.84 Å². The van der Waals surface area contributed by atoms with Crippen LogP contribution in [0.3, 0.4) is 0 Å². The molecule has 0 bridgehead atoms. The van der Waals surface area contributed by atoms with Crippen LogP contribution in [0.2, 0.25) is 0 Å². The van der Waals surface area contributed by atoms with Crippen molar-refractivity contribution in [2.24, 2.45) is 5.84 Å². The molecule has 1 aromatic heterocycles. The van der Waals surface area contributed by atoms with E-state index in [2.05, 4.69) is 36.6 Å². The summed E-state index contributed by atoms with van der Waals surface area (Å²) in [5.74, 6) is 6.41. The van der Waals surface area contributed by atoms with Gasteiger partial charge < -0.3 is 5.32 Å². The first-order chi connectivity index (χ1) is 8.58. The molecular weight excluding hydrogens is 294 g/mol. The van der Waals surface area contributed by atoms with Gasteiger partial charge in [0.05, 0.1) is 5.69 Å². The molecule has 0 aliphatic carbocycles. The van der Waals surface area contributed by atoms with Crippen LogP contribution in [0.5, 0.6) is 0 Å². The Labute approximate surface area is 114 Å². The number of aryl methyl sites for hydroxylation is 2. The van der Waals surface area contributed by atoms with Crippen molar-refractivity contribution in [2.45, 2.75) is 13.8 Å². The Kier molecular flexibility index (Phi) is 3.78. The van der Waals surface area contributed by atoms with E-state index in [1.54, 1.807) is 0 Å². The van der Waals surface area contributed by atoms with Gasteiger partial charge in [-0.3, -0.25) is 5.43 Å². The van der Waals surface area contributed by atoms with Crippen molar-refractivity contribution < 1.29 is 0 Å². The molecule has 1 aromatic carbocycles. The maximum atomic E-state index is 5.32. The molecule has 6 heteroatoms. The summed E-state index contributed by atoms with van der Waals surface area (Å²) in [5, 5.41) is 3.24. The lowest BCUT2D eigenvalue weighted by Crippen LogP contribution is -2.12. The van der Waals surface area contributed by atoms with Gasteiger partial charge >= 0.3 is 0 Å². The predicted molar refractivity (Wildman–Crippen MR) is 76.7 cm³/mol. The van der Waals surface area contributed by atoms with Gasteiger partial charge in [-0.15, -0.1) is 0 Å². The SMILES string of the molecule is Cc1ccc(Br)c(Nc2cc(C)nc(NN)n2)c1. The molecule has 0 aliphatic rings. The van der Waals surface area contributed by atoms with Gasteiger partial charge in [0.15, 0.2) is 0 Å². The van der Waals surface area contributed by atoms with Crippen LogP contribution in [-0.4, -0.2) is 9.97 Å². The molecule has 0 saturated heterocycles. The van der Waals surface area contributed by atoms with Gasteiger partial charge in [-0.05, 0) is 47.5 Å². The third-order valence-corrected chi connectivity index (χ3v) is 3.06. The molecule has 2 rings (SSSR count). The van der Waals surface area contributed by atoms with E-state index in [0.717, 1.165) is 15.9 Å². The number of nitrogens with one attached hydrogen (secondary N) is 2. The first-order valence-corrected chi connectivity index (χ1v) is 6.23. The van der Waals surface area contributed by atoms with E-state index in [0.29, 0.717) is 11.8 Å². The third-order valence-electron chi connectivity index (χ3n) is 2.37. The molecule has 0 aliphatic heterocycles. The van der Waals surface area contributed by atoms with Gasteiger partial charge in [0.2, 0.25) is 5.95 Å². The number of hydrogen-bond acceptors (Lipinski definition) is 5. The van der Waals surface area contributed by atoms with Crippen LogP contribution >= 0.6 is 15.9 Å². The third kappa shape index (κ3) is 2.96. The Morgan fingerprint density at radius 3 is 2.67 bits per heavy atom. The summed E-state index contributed by atoms with van der Waals surface area (Å²) in [4.78, 5) is 8.37. The summed E-state index contributed by atoms with van der Waals surface area (Å²) in [5.41, 5.74) is 5.41. The molecule has 0 atom stereocenters. The summed E-state index contributed by atoms with van der Waals surface area (Å²) in [6.45, 7) is 3.93. The fourth-order valence-electron chi connectivity index (χ4n) is 1.57. The molecule has 0 saturated carbocycles. The Morgan fingerprint density at radius 1 is 1.17 bits per heavy atom. The largest absolute Gasteiger partial charge is 0.339 e. The van der Waals surface area contributed by atoms with E-state index in [1.165, 1.54) is 5.56 Å². The van der Waals surface area contributed by atoms with Crippen molar-refractivity contribution >= 4 is 33.4 Å². The first-order valence-electron chi connectivity index (χ1n) is 5.44. The monoisotopic (exact) mass is 307 g/mol. The Bertz CT molecular complexity index is 570. The Balaban J connectivity index is 2.33. The van der Waals surface area contributed by atoms with Crippen molar-refractivity contribution in [1.29, 1.82) is 0 Å². The molecule has 94 valence electrons. The fraction of sp³-hybridized carbons (Fsp3) is 0.167. The molecule has 0 radical (unpaired) electrons. The highest BCUT2D eigenvalue weighted by molar-refractivity contribution is 9.10. The molecule has 1 heterocycles. The molecule has 0 amide bonds. The zero-order valence-electron chi connectivity index (χ0n) is 10.2. The molecular formula is C12H14BrN5. The topological polar surface area (TPSA) is 75.9 Å². The lowest BCUT2D eigenvalue weighted by molar-refractivity contribution is 1.07. The van der Waals surface area contributed by atoms with E-state index in [-0.39, 0.29) is 0 Å². The number of rotatable bonds is 3. The number of hydrogen-bond donors (Lipinski definition) is 3. The average molecular weight is 308 g/mol. The van der Waals surface area contributed by atoms with Gasteiger partial charge in [0, 0.05) is 16.2 Å². The summed E-state index contributed by atoms with van der Waals surface area (Å²) in [7, 11) is 0. The van der Waals surface area contributed by atoms with E-state index >= 15 is 0 Å². The van der Waals surface area contributed by atoms with Gasteiger partial charge in [-0.25, -0.2) is 10.8 Å². The maximum absolute atomic E-state index is 5.32. The molecule has 5 nitrogen and oxygen atoms in total. The van der Waals surface area contributed by atoms with Crippen molar-refractivity contribution in [3.8, 4) is 0 Å². The van der Waals surface area contributed by atoms with Crippen molar-refractivity contribution in [2.75, 3.05) is 10.7 Å². The number of hydrazine groups is 1. The highest BCUT2D eigenvalue weighted by Gasteiger charge is 2.04. The zero-order valence-corrected chi connectivity index (χ0v) is 11.7. The standard InChI is InChI=1S/C12H14BrN5/c1-7-3-4-9(13)10(5-7)16-11-6-8(2)15-12(17-11)18-14/h3-6H,14H2,1-2H3,(H2,15,16,17,18). The molecule has 0 spiro atoms. The predicted octanol–water partition coefficient (Wildman–Crippen LogP) is 2.89. The zero-order chi connectivity index (χ0) is 13.1. The number of benzene rings is 1. The minimum atomic E-state index is 0.390. The van der Waals surface area contributed by atoms with Gasteiger partial charge in [0.25, 0.3) is 0 Å². The minimum Gasteiger partial charge on any atom is -0.339 e. The number of halogens is 1. The average Bonchev–Trinajstić information content (AvgIpc) is 2.33. The van der Waals surface area contributed by atoms with E-state index in [9.17, 15) is 0 Å². The Morgan fingerprint density at radius 2 is 1.94 bits per heavy atom. The molecule has 2 aromatic rings. The van der Waals surface area contributed by atoms with Crippen LogP contribution in [0, 0.1) is 13.8 Å². The molecule has 18 heavy (non-hydrogen) atoms. The normalized spacial score (nSPS) is 10.2. The van der Waals surface area contributed by atoms with E-state index < -0.39 is 0 Å². The number of nitrogen functional groups attached to an aromatic ring is 1. The quantitative estimate of drug-likeness (QED) is 0.600. The number of nitrogens with zero attached hydrogens (tertiary/aromatic N) is 2. The second-order valence-electron chi connectivity index (χ2n) is 3.97. The van der Waals surface area contributed by atoms with Gasteiger partial charge in [-0.1, -0.05) is 6.07 Å². The summed E-state index contributed by atoms with van der Waals surface area (Å²) in [6, 6.07) is 7.92. The van der Waals surface area contributed by atoms with Crippen molar-refractivity contribution in [3.63, 3.8) is 0 Å². The van der Waals surface area contributed by atoms with Crippen LogP contribution in [-0.2, 0) is 0 Å². The second-order valence-corrected chi connectivity index (χ2v) is 4.83. The summed E-state index contributed by atoms with van der Waals surface area (Å²) >= 11 is 3.50. The fourth-order valence-corrected chi connectivity index (χ4v) is 1.92. The lowest BCUT2D eigenvalue weighted by atomic mass is 10.2. The maximum Gasteiger partial charge on any atom is 0.239 e. The second kappa shape index (κ2) is 5.32. The highest BCUT2D eigenvalue weighted by atomic mass is 79.9. The number of nitrogens with two attached hydrogens (primary N) is 1. The summed E-state index contributed by atoms with van der Waals surface area (Å²) in [6.07, 6.45) is 0. The van der Waals surface area contributed by atoms with Crippen LogP contribution in [0.15, 0.2) is 28.7 Å². The van der Waals surface area contributed by atoms with Crippen molar-refractivity contribution in [1.82, 2.24) is 9.97 Å². The molecule has 0 fully saturated rings.